The molecular weight excluding hydrogens is 128 g/mol. The van der Waals surface area contributed by atoms with Crippen LogP contribution in [-0.2, 0) is 0 Å². The Balaban J connectivity index is 3.64. The summed E-state index contributed by atoms with van der Waals surface area (Å²) in [5.74, 6) is 11.4. The second-order valence-electron chi connectivity index (χ2n) is 2.44. The normalized spacial score (nSPS) is 14.9. The van der Waals surface area contributed by atoms with Crippen LogP contribution < -0.4 is 17.1 Å². The van der Waals surface area contributed by atoms with Gasteiger partial charge >= 0.3 is 0 Å². The second-order valence-corrected chi connectivity index (χ2v) is 2.44. The highest BCUT2D eigenvalue weighted by atomic mass is 15.3. The predicted molar refractivity (Wildman–Crippen MR) is 43.0 cm³/mol. The zero-order chi connectivity index (χ0) is 7.98. The Labute approximate surface area is 61.6 Å². The maximum Gasteiger partial charge on any atom is 0.136 e. The number of nitrogens with two attached hydrogens (primary N) is 2. The molecule has 4 nitrogen and oxygen atoms in total. The van der Waals surface area contributed by atoms with Gasteiger partial charge < -0.3 is 11.3 Å². The highest BCUT2D eigenvalue weighted by Gasteiger charge is 2.02. The molecule has 5 N–H and O–H groups in total. The van der Waals surface area contributed by atoms with Crippen molar-refractivity contribution in [3.8, 4) is 0 Å². The molecule has 1 atom stereocenters. The Hall–Kier alpha value is -0.770. The molecule has 0 amide bonds. The summed E-state index contributed by atoms with van der Waals surface area (Å²) < 4.78 is 0. The van der Waals surface area contributed by atoms with Gasteiger partial charge in [-0.3, -0.25) is 0 Å². The van der Waals surface area contributed by atoms with Crippen molar-refractivity contribution in [2.45, 2.75) is 26.7 Å². The first-order chi connectivity index (χ1) is 4.74. The molecule has 0 aromatic carbocycles. The molecule has 0 heterocycles. The average Bonchev–Trinajstić information content (AvgIpc) is 1.99. The number of hydrogen-bond acceptors (Lipinski definition) is 3. The molecule has 0 fully saturated rings. The maximum absolute atomic E-state index is 5.13. The van der Waals surface area contributed by atoms with E-state index < -0.39 is 0 Å². The first-order valence-electron chi connectivity index (χ1n) is 3.47. The van der Waals surface area contributed by atoms with E-state index in [1.165, 1.54) is 0 Å². The van der Waals surface area contributed by atoms with Crippen molar-refractivity contribution in [1.82, 2.24) is 5.43 Å². The maximum atomic E-state index is 5.13. The first-order valence-corrected chi connectivity index (χ1v) is 3.47. The Morgan fingerprint density at radius 1 is 1.70 bits per heavy atom. The molecule has 0 saturated carbocycles. The highest BCUT2D eigenvalue weighted by molar-refractivity contribution is 5.81. The Morgan fingerprint density at radius 2 is 2.30 bits per heavy atom. The number of rotatable bonds is 3. The third-order valence-electron chi connectivity index (χ3n) is 1.56. The van der Waals surface area contributed by atoms with Crippen molar-refractivity contribution >= 4 is 5.84 Å². The van der Waals surface area contributed by atoms with Gasteiger partial charge in [-0.15, -0.1) is 0 Å². The summed E-state index contributed by atoms with van der Waals surface area (Å²) in [6, 6.07) is 0. The zero-order valence-electron chi connectivity index (χ0n) is 6.59. The third kappa shape index (κ3) is 3.29. The van der Waals surface area contributed by atoms with Gasteiger partial charge in [-0.1, -0.05) is 20.3 Å². The zero-order valence-corrected chi connectivity index (χ0v) is 6.59. The molecular formula is C6H16N4. The van der Waals surface area contributed by atoms with Crippen LogP contribution in [0.15, 0.2) is 5.10 Å². The van der Waals surface area contributed by atoms with E-state index in [0.717, 1.165) is 12.8 Å². The van der Waals surface area contributed by atoms with Crippen molar-refractivity contribution in [3.05, 3.63) is 0 Å². The molecule has 0 unspecified atom stereocenters. The largest absolute Gasteiger partial charge is 0.322 e. The number of amidine groups is 1. The van der Waals surface area contributed by atoms with Crippen molar-refractivity contribution < 1.29 is 0 Å². The molecule has 0 saturated heterocycles. The van der Waals surface area contributed by atoms with Crippen molar-refractivity contribution in [1.29, 1.82) is 0 Å². The van der Waals surface area contributed by atoms with Gasteiger partial charge in [0.1, 0.15) is 5.84 Å². The number of hydrazone groups is 1. The predicted octanol–water partition coefficient (Wildman–Crippen LogP) is 0.158. The molecule has 10 heavy (non-hydrogen) atoms. The van der Waals surface area contributed by atoms with Crippen molar-refractivity contribution in [2.24, 2.45) is 22.7 Å². The number of hydrazine groups is 1. The molecule has 4 heteroatoms. The summed E-state index contributed by atoms with van der Waals surface area (Å²) in [5, 5.41) is 3.48. The minimum Gasteiger partial charge on any atom is -0.322 e. The smallest absolute Gasteiger partial charge is 0.136 e. The van der Waals surface area contributed by atoms with E-state index in [-0.39, 0.29) is 0 Å². The van der Waals surface area contributed by atoms with Gasteiger partial charge in [0.25, 0.3) is 0 Å². The van der Waals surface area contributed by atoms with Gasteiger partial charge in [-0.25, -0.2) is 5.84 Å². The van der Waals surface area contributed by atoms with E-state index in [1.54, 1.807) is 0 Å². The molecule has 0 rings (SSSR count). The lowest BCUT2D eigenvalue weighted by molar-refractivity contribution is 0.578. The van der Waals surface area contributed by atoms with Gasteiger partial charge in [0.15, 0.2) is 0 Å². The molecule has 0 aromatic heterocycles. The van der Waals surface area contributed by atoms with Crippen LogP contribution in [0.5, 0.6) is 0 Å². The number of nitrogens with one attached hydrogen (secondary N) is 1. The van der Waals surface area contributed by atoms with Crippen molar-refractivity contribution in [2.75, 3.05) is 0 Å². The molecule has 0 aromatic rings. The number of hydrogen-bond donors (Lipinski definition) is 3. The van der Waals surface area contributed by atoms with Crippen LogP contribution in [0, 0.1) is 5.92 Å². The van der Waals surface area contributed by atoms with Crippen LogP contribution in [0.4, 0.5) is 0 Å². The summed E-state index contributed by atoms with van der Waals surface area (Å²) in [6.07, 6.45) is 1.93. The van der Waals surface area contributed by atoms with Crippen LogP contribution in [0.1, 0.15) is 26.7 Å². The molecule has 60 valence electrons. The summed E-state index contributed by atoms with van der Waals surface area (Å²) in [7, 11) is 0. The van der Waals surface area contributed by atoms with Gasteiger partial charge in [0.05, 0.1) is 0 Å². The highest BCUT2D eigenvalue weighted by Crippen LogP contribution is 2.05. The fourth-order valence-corrected chi connectivity index (χ4v) is 0.623. The van der Waals surface area contributed by atoms with Crippen LogP contribution in [0.2, 0.25) is 0 Å². The lowest BCUT2D eigenvalue weighted by atomic mass is 10.1. The van der Waals surface area contributed by atoms with E-state index in [0.29, 0.717) is 11.8 Å². The van der Waals surface area contributed by atoms with E-state index in [4.69, 9.17) is 11.7 Å². The van der Waals surface area contributed by atoms with Crippen LogP contribution >= 0.6 is 0 Å². The summed E-state index contributed by atoms with van der Waals surface area (Å²) >= 11 is 0. The van der Waals surface area contributed by atoms with E-state index in [1.807, 2.05) is 0 Å². The topological polar surface area (TPSA) is 76.4 Å². The van der Waals surface area contributed by atoms with Crippen molar-refractivity contribution in [3.63, 3.8) is 0 Å². The van der Waals surface area contributed by atoms with E-state index in [2.05, 4.69) is 24.4 Å². The Morgan fingerprint density at radius 3 is 2.60 bits per heavy atom. The molecule has 0 aliphatic heterocycles. The lowest BCUT2D eigenvalue weighted by Gasteiger charge is -2.08. The molecule has 0 bridgehead atoms. The monoisotopic (exact) mass is 144 g/mol. The summed E-state index contributed by atoms with van der Waals surface area (Å²) in [5.41, 5.74) is 2.44. The minimum absolute atomic E-state index is 0.582. The SMILES string of the molecule is CC[C@@H](C)C/C(=N/N)NN. The fourth-order valence-electron chi connectivity index (χ4n) is 0.623. The lowest BCUT2D eigenvalue weighted by Crippen LogP contribution is -2.32. The third-order valence-corrected chi connectivity index (χ3v) is 1.56. The quantitative estimate of drug-likeness (QED) is 0.228. The first kappa shape index (κ1) is 9.23. The average molecular weight is 144 g/mol. The van der Waals surface area contributed by atoms with Crippen LogP contribution in [0.3, 0.4) is 0 Å². The van der Waals surface area contributed by atoms with Gasteiger partial charge in [0.2, 0.25) is 0 Å². The Kier molecular flexibility index (Phi) is 4.66. The number of nitrogens with zero attached hydrogens (tertiary/aromatic N) is 1. The van der Waals surface area contributed by atoms with Gasteiger partial charge in [0, 0.05) is 6.42 Å². The molecule has 0 aliphatic rings. The molecule has 0 aliphatic carbocycles. The Bertz CT molecular complexity index is 110. The van der Waals surface area contributed by atoms with Crippen LogP contribution in [0.25, 0.3) is 0 Å². The summed E-state index contributed by atoms with van der Waals surface area (Å²) in [6.45, 7) is 4.25. The fraction of sp³-hybridized carbons (Fsp3) is 0.833. The minimum atomic E-state index is 0.582. The second kappa shape index (κ2) is 5.05. The van der Waals surface area contributed by atoms with Crippen LogP contribution in [-0.4, -0.2) is 5.84 Å². The standard InChI is InChI=1S/C6H16N4/c1-3-5(2)4-6(9-7)10-8/h5H,3-4,7-8H2,1-2H3,(H,9,10)/t5-/m1/s1. The van der Waals surface area contributed by atoms with E-state index in [9.17, 15) is 0 Å². The molecule has 0 radical (unpaired) electrons. The summed E-state index contributed by atoms with van der Waals surface area (Å²) in [4.78, 5) is 0. The van der Waals surface area contributed by atoms with Gasteiger partial charge in [-0.05, 0) is 5.92 Å². The molecule has 0 spiro atoms. The van der Waals surface area contributed by atoms with Gasteiger partial charge in [-0.2, -0.15) is 5.10 Å². The van der Waals surface area contributed by atoms with E-state index >= 15 is 0 Å².